The molecular formula is C13H27N3O2S. The van der Waals surface area contributed by atoms with Crippen molar-refractivity contribution in [3.05, 3.63) is 0 Å². The lowest BCUT2D eigenvalue weighted by Gasteiger charge is -2.32. The third-order valence-electron chi connectivity index (χ3n) is 4.64. The molecule has 19 heavy (non-hydrogen) atoms. The number of hydrogen-bond acceptors (Lipinski definition) is 3. The maximum atomic E-state index is 12.7. The van der Waals surface area contributed by atoms with Gasteiger partial charge in [0.1, 0.15) is 0 Å². The van der Waals surface area contributed by atoms with Crippen molar-refractivity contribution in [2.75, 3.05) is 26.7 Å². The largest absolute Gasteiger partial charge is 0.330 e. The second-order valence-electron chi connectivity index (χ2n) is 5.83. The van der Waals surface area contributed by atoms with Crippen LogP contribution in [0.5, 0.6) is 0 Å². The van der Waals surface area contributed by atoms with Crippen LogP contribution < -0.4 is 5.73 Å². The quantitative estimate of drug-likeness (QED) is 0.844. The Balaban J connectivity index is 2.09. The zero-order chi connectivity index (χ0) is 13.9. The molecule has 2 unspecified atom stereocenters. The molecule has 1 heterocycles. The fraction of sp³-hybridized carbons (Fsp3) is 1.00. The maximum Gasteiger partial charge on any atom is 0.281 e. The van der Waals surface area contributed by atoms with Crippen LogP contribution in [-0.4, -0.2) is 49.8 Å². The van der Waals surface area contributed by atoms with E-state index in [4.69, 9.17) is 5.73 Å². The van der Waals surface area contributed by atoms with Crippen LogP contribution in [0.1, 0.15) is 44.9 Å². The van der Waals surface area contributed by atoms with Gasteiger partial charge in [0, 0.05) is 26.2 Å². The van der Waals surface area contributed by atoms with Crippen LogP contribution in [0.2, 0.25) is 0 Å². The van der Waals surface area contributed by atoms with Crippen LogP contribution in [0.4, 0.5) is 0 Å². The molecule has 6 heteroatoms. The van der Waals surface area contributed by atoms with E-state index in [0.29, 0.717) is 25.6 Å². The molecule has 2 fully saturated rings. The lowest BCUT2D eigenvalue weighted by Crippen LogP contribution is -2.48. The average molecular weight is 289 g/mol. The molecule has 2 aliphatic rings. The summed E-state index contributed by atoms with van der Waals surface area (Å²) in [5.74, 6) is 0.326. The minimum absolute atomic E-state index is 0.0956. The summed E-state index contributed by atoms with van der Waals surface area (Å²) in [6, 6.07) is 0.0956. The summed E-state index contributed by atoms with van der Waals surface area (Å²) in [7, 11) is -1.57. The van der Waals surface area contributed by atoms with Gasteiger partial charge < -0.3 is 5.73 Å². The van der Waals surface area contributed by atoms with Crippen LogP contribution >= 0.6 is 0 Å². The summed E-state index contributed by atoms with van der Waals surface area (Å²) in [6.07, 6.45) is 7.35. The van der Waals surface area contributed by atoms with Crippen molar-refractivity contribution in [3.63, 3.8) is 0 Å². The van der Waals surface area contributed by atoms with Crippen molar-refractivity contribution >= 4 is 10.2 Å². The molecule has 2 N–H and O–H groups in total. The summed E-state index contributed by atoms with van der Waals surface area (Å²) in [5, 5.41) is 0. The highest BCUT2D eigenvalue weighted by molar-refractivity contribution is 7.86. The van der Waals surface area contributed by atoms with Gasteiger partial charge in [-0.05, 0) is 38.1 Å². The Bertz CT molecular complexity index is 377. The molecular weight excluding hydrogens is 262 g/mol. The highest BCUT2D eigenvalue weighted by Crippen LogP contribution is 2.31. The van der Waals surface area contributed by atoms with E-state index in [1.807, 2.05) is 0 Å². The molecule has 0 aromatic heterocycles. The molecule has 1 aliphatic carbocycles. The molecule has 1 saturated heterocycles. The van der Waals surface area contributed by atoms with Crippen molar-refractivity contribution in [2.45, 2.75) is 51.0 Å². The van der Waals surface area contributed by atoms with E-state index >= 15 is 0 Å². The molecule has 1 saturated carbocycles. The third kappa shape index (κ3) is 3.29. The number of nitrogens with two attached hydrogens (primary N) is 1. The first-order valence-corrected chi connectivity index (χ1v) is 8.90. The van der Waals surface area contributed by atoms with E-state index in [0.717, 1.165) is 44.9 Å². The smallest absolute Gasteiger partial charge is 0.281 e. The second-order valence-corrected chi connectivity index (χ2v) is 7.82. The van der Waals surface area contributed by atoms with Gasteiger partial charge in [-0.3, -0.25) is 0 Å². The molecule has 2 atom stereocenters. The Hall–Kier alpha value is -0.170. The Labute approximate surface area is 117 Å². The zero-order valence-electron chi connectivity index (χ0n) is 11.9. The molecule has 0 aromatic carbocycles. The predicted molar refractivity (Wildman–Crippen MR) is 76.9 cm³/mol. The first kappa shape index (κ1) is 15.2. The van der Waals surface area contributed by atoms with Crippen molar-refractivity contribution in [1.29, 1.82) is 0 Å². The fourth-order valence-electron chi connectivity index (χ4n) is 3.40. The van der Waals surface area contributed by atoms with E-state index in [1.54, 1.807) is 15.7 Å². The van der Waals surface area contributed by atoms with Crippen molar-refractivity contribution in [2.24, 2.45) is 11.7 Å². The fourth-order valence-corrected chi connectivity index (χ4v) is 5.10. The van der Waals surface area contributed by atoms with Gasteiger partial charge in [-0.15, -0.1) is 0 Å². The van der Waals surface area contributed by atoms with Crippen LogP contribution in [-0.2, 0) is 10.2 Å². The van der Waals surface area contributed by atoms with Gasteiger partial charge in [0.2, 0.25) is 0 Å². The monoisotopic (exact) mass is 289 g/mol. The predicted octanol–water partition coefficient (Wildman–Crippen LogP) is 1.17. The topological polar surface area (TPSA) is 66.6 Å². The molecule has 0 aromatic rings. The number of hydrogen-bond donors (Lipinski definition) is 1. The second kappa shape index (κ2) is 6.52. The zero-order valence-corrected chi connectivity index (χ0v) is 12.7. The lowest BCUT2D eigenvalue weighted by molar-refractivity contribution is 0.276. The van der Waals surface area contributed by atoms with Crippen molar-refractivity contribution in [1.82, 2.24) is 8.61 Å². The molecule has 5 nitrogen and oxygen atoms in total. The van der Waals surface area contributed by atoms with Gasteiger partial charge in [-0.2, -0.15) is 17.0 Å². The SMILES string of the molecule is CN(C1CCCC1CN)S(=O)(=O)N1CCCCCC1. The summed E-state index contributed by atoms with van der Waals surface area (Å²) in [4.78, 5) is 0. The Kier molecular flexibility index (Phi) is 5.22. The summed E-state index contributed by atoms with van der Waals surface area (Å²) in [5.41, 5.74) is 5.77. The lowest BCUT2D eigenvalue weighted by atomic mass is 10.0. The third-order valence-corrected chi connectivity index (χ3v) is 6.66. The minimum Gasteiger partial charge on any atom is -0.330 e. The number of rotatable bonds is 4. The van der Waals surface area contributed by atoms with Gasteiger partial charge in [0.25, 0.3) is 10.2 Å². The highest BCUT2D eigenvalue weighted by Gasteiger charge is 2.37. The molecule has 0 spiro atoms. The standard InChI is InChI=1S/C13H27N3O2S/c1-15(13-8-6-7-12(13)11-14)19(17,18)16-9-4-2-3-5-10-16/h12-13H,2-11,14H2,1H3. The van der Waals surface area contributed by atoms with Crippen LogP contribution in [0.15, 0.2) is 0 Å². The molecule has 2 rings (SSSR count). The molecule has 0 amide bonds. The van der Waals surface area contributed by atoms with Crippen molar-refractivity contribution < 1.29 is 8.42 Å². The van der Waals surface area contributed by atoms with Gasteiger partial charge in [-0.25, -0.2) is 0 Å². The van der Waals surface area contributed by atoms with E-state index in [9.17, 15) is 8.42 Å². The molecule has 0 bridgehead atoms. The van der Waals surface area contributed by atoms with E-state index < -0.39 is 10.2 Å². The van der Waals surface area contributed by atoms with E-state index in [1.165, 1.54) is 0 Å². The van der Waals surface area contributed by atoms with E-state index in [2.05, 4.69) is 0 Å². The number of nitrogens with zero attached hydrogens (tertiary/aromatic N) is 2. The van der Waals surface area contributed by atoms with Crippen LogP contribution in [0.25, 0.3) is 0 Å². The maximum absolute atomic E-state index is 12.7. The Morgan fingerprint density at radius 1 is 1.11 bits per heavy atom. The molecule has 0 radical (unpaired) electrons. The normalized spacial score (nSPS) is 30.7. The minimum atomic E-state index is -3.30. The Morgan fingerprint density at radius 3 is 2.32 bits per heavy atom. The Morgan fingerprint density at radius 2 is 1.74 bits per heavy atom. The molecule has 1 aliphatic heterocycles. The van der Waals surface area contributed by atoms with Gasteiger partial charge in [0.15, 0.2) is 0 Å². The van der Waals surface area contributed by atoms with Gasteiger partial charge in [0.05, 0.1) is 0 Å². The summed E-state index contributed by atoms with van der Waals surface area (Å²) < 4.78 is 28.7. The first-order valence-electron chi connectivity index (χ1n) is 7.50. The van der Waals surface area contributed by atoms with Crippen LogP contribution in [0, 0.1) is 5.92 Å². The summed E-state index contributed by atoms with van der Waals surface area (Å²) in [6.45, 7) is 1.93. The molecule has 112 valence electrons. The van der Waals surface area contributed by atoms with Gasteiger partial charge in [-0.1, -0.05) is 19.3 Å². The first-order chi connectivity index (χ1) is 9.07. The summed E-state index contributed by atoms with van der Waals surface area (Å²) >= 11 is 0. The highest BCUT2D eigenvalue weighted by atomic mass is 32.2. The average Bonchev–Trinajstić information content (AvgIpc) is 2.69. The van der Waals surface area contributed by atoms with E-state index in [-0.39, 0.29) is 6.04 Å². The van der Waals surface area contributed by atoms with Gasteiger partial charge >= 0.3 is 0 Å². The van der Waals surface area contributed by atoms with Crippen molar-refractivity contribution in [3.8, 4) is 0 Å². The van der Waals surface area contributed by atoms with Crippen LogP contribution in [0.3, 0.4) is 0 Å².